The Morgan fingerprint density at radius 2 is 1.86 bits per heavy atom. The Morgan fingerprint density at radius 3 is 2.66 bits per heavy atom. The van der Waals surface area contributed by atoms with Gasteiger partial charge in [0.05, 0.1) is 6.10 Å². The lowest BCUT2D eigenvalue weighted by molar-refractivity contribution is -0.0482. The van der Waals surface area contributed by atoms with Crippen molar-refractivity contribution >= 4 is 16.7 Å². The monoisotopic (exact) mass is 470 g/mol. The van der Waals surface area contributed by atoms with Crippen molar-refractivity contribution in [3.8, 4) is 5.75 Å². The minimum atomic E-state index is -0.505. The van der Waals surface area contributed by atoms with Gasteiger partial charge in [0.1, 0.15) is 5.75 Å². The number of likely N-dealkylation sites (tertiary alicyclic amines) is 1. The zero-order chi connectivity index (χ0) is 24.0. The molecular formula is C30H34N2O3. The van der Waals surface area contributed by atoms with E-state index in [1.54, 1.807) is 6.07 Å². The fourth-order valence-corrected chi connectivity index (χ4v) is 6.64. The summed E-state index contributed by atoms with van der Waals surface area (Å²) < 4.78 is 0. The lowest BCUT2D eigenvalue weighted by atomic mass is 9.57. The first-order chi connectivity index (χ1) is 17.0. The summed E-state index contributed by atoms with van der Waals surface area (Å²) in [7, 11) is 0. The third kappa shape index (κ3) is 4.43. The number of phenols is 1. The van der Waals surface area contributed by atoms with E-state index in [1.165, 1.54) is 12.8 Å². The molecule has 1 heterocycles. The first-order valence-electron chi connectivity index (χ1n) is 13.0. The molecule has 1 saturated heterocycles. The number of nitrogens with zero attached hydrogens (tertiary/aromatic N) is 1. The fraction of sp³-hybridized carbons (Fsp3) is 0.433. The number of amides is 1. The van der Waals surface area contributed by atoms with Crippen molar-refractivity contribution in [1.82, 2.24) is 10.2 Å². The summed E-state index contributed by atoms with van der Waals surface area (Å²) in [4.78, 5) is 15.8. The van der Waals surface area contributed by atoms with Crippen LogP contribution in [0.1, 0.15) is 48.0 Å². The van der Waals surface area contributed by atoms with Crippen LogP contribution in [-0.4, -0.2) is 52.8 Å². The van der Waals surface area contributed by atoms with Crippen molar-refractivity contribution in [2.24, 2.45) is 11.8 Å². The average molecular weight is 471 g/mol. The Kier molecular flexibility index (Phi) is 5.78. The zero-order valence-corrected chi connectivity index (χ0v) is 20.1. The molecule has 3 aliphatic rings. The van der Waals surface area contributed by atoms with Crippen LogP contribution in [0.3, 0.4) is 0 Å². The van der Waals surface area contributed by atoms with Crippen LogP contribution in [0.25, 0.3) is 10.8 Å². The number of hydrogen-bond acceptors (Lipinski definition) is 4. The summed E-state index contributed by atoms with van der Waals surface area (Å²) >= 11 is 0. The van der Waals surface area contributed by atoms with Gasteiger partial charge < -0.3 is 20.4 Å². The molecule has 6 rings (SSSR count). The van der Waals surface area contributed by atoms with Gasteiger partial charge in [-0.2, -0.15) is 0 Å². The predicted octanol–water partition coefficient (Wildman–Crippen LogP) is 4.47. The first kappa shape index (κ1) is 22.6. The summed E-state index contributed by atoms with van der Waals surface area (Å²) in [5.74, 6) is 1.07. The van der Waals surface area contributed by atoms with Gasteiger partial charge in [0.2, 0.25) is 0 Å². The van der Waals surface area contributed by atoms with Crippen LogP contribution in [-0.2, 0) is 5.41 Å². The van der Waals surface area contributed by atoms with Crippen molar-refractivity contribution in [3.63, 3.8) is 0 Å². The molecule has 2 aliphatic carbocycles. The number of aliphatic hydroxyl groups excluding tert-OH is 1. The van der Waals surface area contributed by atoms with Crippen molar-refractivity contribution in [3.05, 3.63) is 77.9 Å². The Bertz CT molecular complexity index is 1240. The highest BCUT2D eigenvalue weighted by Crippen LogP contribution is 2.50. The Balaban J connectivity index is 1.26. The van der Waals surface area contributed by atoms with Crippen LogP contribution in [0, 0.1) is 11.8 Å². The standard InChI is InChI=1S/C30H34N2O3/c33-26-7-3-6-24(15-26)30-12-13-32(18-20-8-9-20)19-27(30)28(34)16-25(17-30)31-29(35)23-11-10-21-4-1-2-5-22(21)14-23/h1-7,10-11,14-15,20,25,27-28,33-34H,8-9,12-13,16-19H2,(H,31,35)/t25-,27+,28?,30+/m1/s1. The average Bonchev–Trinajstić information content (AvgIpc) is 3.68. The first-order valence-corrected chi connectivity index (χ1v) is 13.0. The zero-order valence-electron chi connectivity index (χ0n) is 20.1. The number of carbonyl (C=O) groups excluding carboxylic acids is 1. The minimum absolute atomic E-state index is 0.0885. The highest BCUT2D eigenvalue weighted by atomic mass is 16.3. The van der Waals surface area contributed by atoms with Crippen molar-refractivity contribution in [2.45, 2.75) is 49.7 Å². The molecule has 0 radical (unpaired) electrons. The van der Waals surface area contributed by atoms with Crippen LogP contribution in [0.5, 0.6) is 5.75 Å². The maximum Gasteiger partial charge on any atom is 0.251 e. The van der Waals surface area contributed by atoms with Gasteiger partial charge in [-0.1, -0.05) is 42.5 Å². The number of benzene rings is 3. The van der Waals surface area contributed by atoms with Gasteiger partial charge in [-0.15, -0.1) is 0 Å². The second-order valence-electron chi connectivity index (χ2n) is 11.0. The van der Waals surface area contributed by atoms with Crippen molar-refractivity contribution in [1.29, 1.82) is 0 Å². The number of aliphatic hydroxyl groups is 1. The summed E-state index contributed by atoms with van der Waals surface area (Å²) in [5.41, 5.74) is 1.46. The molecule has 1 amide bonds. The van der Waals surface area contributed by atoms with Gasteiger partial charge >= 0.3 is 0 Å². The van der Waals surface area contributed by atoms with Gasteiger partial charge in [-0.05, 0) is 85.2 Å². The molecule has 35 heavy (non-hydrogen) atoms. The topological polar surface area (TPSA) is 72.8 Å². The smallest absolute Gasteiger partial charge is 0.251 e. The molecule has 0 aromatic heterocycles. The lowest BCUT2D eigenvalue weighted by Crippen LogP contribution is -2.61. The molecule has 5 heteroatoms. The summed E-state index contributed by atoms with van der Waals surface area (Å²) in [5, 5.41) is 27.1. The molecule has 1 unspecified atom stereocenters. The van der Waals surface area contributed by atoms with Crippen LogP contribution in [0.15, 0.2) is 66.7 Å². The number of nitrogens with one attached hydrogen (secondary N) is 1. The number of fused-ring (bicyclic) bond motifs is 2. The maximum atomic E-state index is 13.3. The van der Waals surface area contributed by atoms with Gasteiger partial charge in [0.15, 0.2) is 0 Å². The van der Waals surface area contributed by atoms with E-state index in [0.717, 1.165) is 54.7 Å². The van der Waals surface area contributed by atoms with Gasteiger partial charge in [-0.3, -0.25) is 4.79 Å². The fourth-order valence-electron chi connectivity index (χ4n) is 6.64. The van der Waals surface area contributed by atoms with E-state index in [0.29, 0.717) is 12.0 Å². The van der Waals surface area contributed by atoms with E-state index in [-0.39, 0.29) is 29.0 Å². The molecule has 0 bridgehead atoms. The second kappa shape index (κ2) is 8.96. The van der Waals surface area contributed by atoms with E-state index < -0.39 is 6.10 Å². The maximum absolute atomic E-state index is 13.3. The van der Waals surface area contributed by atoms with E-state index in [4.69, 9.17) is 0 Å². The van der Waals surface area contributed by atoms with E-state index in [1.807, 2.05) is 54.6 Å². The van der Waals surface area contributed by atoms with Crippen LogP contribution >= 0.6 is 0 Å². The van der Waals surface area contributed by atoms with Gasteiger partial charge in [0, 0.05) is 36.0 Å². The molecule has 0 spiro atoms. The quantitative estimate of drug-likeness (QED) is 0.515. The van der Waals surface area contributed by atoms with Crippen molar-refractivity contribution < 1.29 is 15.0 Å². The Morgan fingerprint density at radius 1 is 1.03 bits per heavy atom. The van der Waals surface area contributed by atoms with E-state index in [9.17, 15) is 15.0 Å². The highest BCUT2D eigenvalue weighted by Gasteiger charge is 2.52. The summed E-state index contributed by atoms with van der Waals surface area (Å²) in [6, 6.07) is 21.3. The predicted molar refractivity (Wildman–Crippen MR) is 137 cm³/mol. The van der Waals surface area contributed by atoms with Crippen molar-refractivity contribution in [2.75, 3.05) is 19.6 Å². The summed E-state index contributed by atoms with van der Waals surface area (Å²) in [6.07, 6.45) is 4.40. The van der Waals surface area contributed by atoms with E-state index >= 15 is 0 Å². The number of carbonyl (C=O) groups is 1. The second-order valence-corrected chi connectivity index (χ2v) is 11.0. The molecule has 1 aliphatic heterocycles. The lowest BCUT2D eigenvalue weighted by Gasteiger charge is -2.55. The molecule has 3 fully saturated rings. The normalized spacial score (nSPS) is 29.0. The molecule has 3 N–H and O–H groups in total. The van der Waals surface area contributed by atoms with Gasteiger partial charge in [0.25, 0.3) is 5.91 Å². The molecular weight excluding hydrogens is 436 g/mol. The number of piperidine rings is 1. The number of rotatable bonds is 5. The number of aromatic hydroxyl groups is 1. The van der Waals surface area contributed by atoms with Crippen LogP contribution in [0.2, 0.25) is 0 Å². The van der Waals surface area contributed by atoms with E-state index in [2.05, 4.69) is 16.3 Å². The third-order valence-corrected chi connectivity index (χ3v) is 8.62. The Hall–Kier alpha value is -2.89. The molecule has 2 saturated carbocycles. The van der Waals surface area contributed by atoms with Crippen LogP contribution < -0.4 is 5.32 Å². The molecule has 4 atom stereocenters. The molecule has 3 aromatic rings. The highest BCUT2D eigenvalue weighted by molar-refractivity contribution is 5.98. The Labute approximate surface area is 206 Å². The van der Waals surface area contributed by atoms with Gasteiger partial charge in [-0.25, -0.2) is 0 Å². The minimum Gasteiger partial charge on any atom is -0.508 e. The molecule has 3 aromatic carbocycles. The number of phenolic OH excluding ortho intramolecular Hbond substituents is 1. The number of hydrogen-bond donors (Lipinski definition) is 3. The molecule has 5 nitrogen and oxygen atoms in total. The van der Waals surface area contributed by atoms with Crippen LogP contribution in [0.4, 0.5) is 0 Å². The third-order valence-electron chi connectivity index (χ3n) is 8.62. The molecule has 182 valence electrons. The summed E-state index contributed by atoms with van der Waals surface area (Å²) in [6.45, 7) is 2.99. The largest absolute Gasteiger partial charge is 0.508 e. The SMILES string of the molecule is O=C(N[C@@H]1CC(O)[C@@H]2CN(CC3CC3)CC[C@@]2(c2cccc(O)c2)C1)c1ccc2ccccc2c1.